The number of hydrogen-bond donors (Lipinski definition) is 2. The smallest absolute Gasteiger partial charge is 0.325 e. The van der Waals surface area contributed by atoms with Gasteiger partial charge in [-0.15, -0.1) is 0 Å². The standard InChI is InChI=1S/C11H11Cl2NO4/c1-6(11(16)17)14-9(15)5-18-10-7(12)3-2-4-8(10)13/h2-4,6H,5H2,1H3,(H,14,15)(H,16,17)/t6-/m1/s1. The Morgan fingerprint density at radius 3 is 2.44 bits per heavy atom. The van der Waals surface area contributed by atoms with Gasteiger partial charge in [0.05, 0.1) is 10.0 Å². The molecule has 0 heterocycles. The average Bonchev–Trinajstić information content (AvgIpc) is 2.28. The minimum absolute atomic E-state index is 0.193. The van der Waals surface area contributed by atoms with Crippen LogP contribution in [0.15, 0.2) is 18.2 Å². The molecule has 0 aliphatic rings. The van der Waals surface area contributed by atoms with E-state index in [0.29, 0.717) is 0 Å². The maximum atomic E-state index is 11.4. The van der Waals surface area contributed by atoms with Crippen molar-refractivity contribution in [3.05, 3.63) is 28.2 Å². The fourth-order valence-corrected chi connectivity index (χ4v) is 1.61. The lowest BCUT2D eigenvalue weighted by Gasteiger charge is -2.11. The van der Waals surface area contributed by atoms with Gasteiger partial charge in [-0.25, -0.2) is 0 Å². The predicted molar refractivity (Wildman–Crippen MR) is 67.2 cm³/mol. The number of carboxylic acid groups (broad SMARTS) is 1. The minimum atomic E-state index is -1.13. The lowest BCUT2D eigenvalue weighted by molar-refractivity contribution is -0.141. The van der Waals surface area contributed by atoms with Crippen LogP contribution < -0.4 is 10.1 Å². The van der Waals surface area contributed by atoms with E-state index in [1.165, 1.54) is 6.92 Å². The maximum absolute atomic E-state index is 11.4. The van der Waals surface area contributed by atoms with Crippen LogP contribution >= 0.6 is 23.2 Å². The van der Waals surface area contributed by atoms with Crippen LogP contribution in [0, 0.1) is 0 Å². The fraction of sp³-hybridized carbons (Fsp3) is 0.273. The van der Waals surface area contributed by atoms with Gasteiger partial charge in [-0.2, -0.15) is 0 Å². The number of rotatable bonds is 5. The van der Waals surface area contributed by atoms with Crippen LogP contribution in [0.2, 0.25) is 10.0 Å². The molecule has 7 heteroatoms. The van der Waals surface area contributed by atoms with Gasteiger partial charge < -0.3 is 15.2 Å². The van der Waals surface area contributed by atoms with Gasteiger partial charge in [0.1, 0.15) is 6.04 Å². The van der Waals surface area contributed by atoms with E-state index in [2.05, 4.69) is 5.32 Å². The van der Waals surface area contributed by atoms with Gasteiger partial charge in [0, 0.05) is 0 Å². The predicted octanol–water partition coefficient (Wildman–Crippen LogP) is 1.96. The highest BCUT2D eigenvalue weighted by Crippen LogP contribution is 2.32. The van der Waals surface area contributed by atoms with Gasteiger partial charge in [-0.1, -0.05) is 29.3 Å². The molecule has 0 unspecified atom stereocenters. The summed E-state index contributed by atoms with van der Waals surface area (Å²) in [7, 11) is 0. The van der Waals surface area contributed by atoms with Crippen molar-refractivity contribution in [2.24, 2.45) is 0 Å². The summed E-state index contributed by atoms with van der Waals surface area (Å²) in [5.74, 6) is -1.50. The topological polar surface area (TPSA) is 75.6 Å². The van der Waals surface area contributed by atoms with Crippen molar-refractivity contribution in [1.82, 2.24) is 5.32 Å². The zero-order valence-electron chi connectivity index (χ0n) is 9.44. The molecule has 5 nitrogen and oxygen atoms in total. The van der Waals surface area contributed by atoms with E-state index in [1.807, 2.05) is 0 Å². The number of para-hydroxylation sites is 1. The summed E-state index contributed by atoms with van der Waals surface area (Å²) in [6.45, 7) is 0.990. The Labute approximate surface area is 114 Å². The van der Waals surface area contributed by atoms with Crippen molar-refractivity contribution in [1.29, 1.82) is 0 Å². The van der Waals surface area contributed by atoms with Crippen LogP contribution in [0.3, 0.4) is 0 Å². The van der Waals surface area contributed by atoms with E-state index < -0.39 is 17.9 Å². The number of carbonyl (C=O) groups excluding carboxylic acids is 1. The summed E-state index contributed by atoms with van der Waals surface area (Å²) in [5.41, 5.74) is 0. The van der Waals surface area contributed by atoms with Crippen LogP contribution in [0.4, 0.5) is 0 Å². The van der Waals surface area contributed by atoms with Crippen molar-refractivity contribution in [3.63, 3.8) is 0 Å². The zero-order chi connectivity index (χ0) is 13.7. The van der Waals surface area contributed by atoms with Crippen molar-refractivity contribution >= 4 is 35.1 Å². The van der Waals surface area contributed by atoms with Gasteiger partial charge in [-0.05, 0) is 19.1 Å². The van der Waals surface area contributed by atoms with Crippen molar-refractivity contribution in [3.8, 4) is 5.75 Å². The molecule has 0 aliphatic heterocycles. The normalized spacial score (nSPS) is 11.7. The molecular formula is C11H11Cl2NO4. The molecule has 0 aliphatic carbocycles. The molecule has 1 amide bonds. The highest BCUT2D eigenvalue weighted by atomic mass is 35.5. The second-order valence-electron chi connectivity index (χ2n) is 3.47. The average molecular weight is 292 g/mol. The van der Waals surface area contributed by atoms with Crippen LogP contribution in [-0.4, -0.2) is 29.6 Å². The first-order valence-corrected chi connectivity index (χ1v) is 5.76. The summed E-state index contributed by atoms with van der Waals surface area (Å²) in [4.78, 5) is 21.9. The van der Waals surface area contributed by atoms with Gasteiger partial charge in [0.15, 0.2) is 12.4 Å². The van der Waals surface area contributed by atoms with E-state index in [1.54, 1.807) is 18.2 Å². The fourth-order valence-electron chi connectivity index (χ4n) is 1.10. The summed E-state index contributed by atoms with van der Waals surface area (Å²) in [6.07, 6.45) is 0. The number of benzene rings is 1. The number of halogens is 2. The van der Waals surface area contributed by atoms with Crippen LogP contribution in [0.25, 0.3) is 0 Å². The molecule has 18 heavy (non-hydrogen) atoms. The van der Waals surface area contributed by atoms with Gasteiger partial charge in [0.25, 0.3) is 5.91 Å². The zero-order valence-corrected chi connectivity index (χ0v) is 11.0. The Morgan fingerprint density at radius 1 is 1.39 bits per heavy atom. The maximum Gasteiger partial charge on any atom is 0.325 e. The minimum Gasteiger partial charge on any atom is -0.481 e. The largest absolute Gasteiger partial charge is 0.481 e. The molecule has 0 saturated heterocycles. The molecule has 1 aromatic rings. The Balaban J connectivity index is 2.55. The van der Waals surface area contributed by atoms with Gasteiger partial charge in [-0.3, -0.25) is 9.59 Å². The summed E-state index contributed by atoms with van der Waals surface area (Å²) < 4.78 is 5.14. The number of aliphatic carboxylic acids is 1. The molecule has 0 spiro atoms. The molecule has 0 saturated carbocycles. The molecule has 1 rings (SSSR count). The number of carboxylic acids is 1. The monoisotopic (exact) mass is 291 g/mol. The van der Waals surface area contributed by atoms with E-state index in [9.17, 15) is 9.59 Å². The first-order chi connectivity index (χ1) is 8.41. The van der Waals surface area contributed by atoms with Crippen LogP contribution in [0.1, 0.15) is 6.92 Å². The second kappa shape index (κ2) is 6.47. The molecule has 1 aromatic carbocycles. The molecule has 0 aromatic heterocycles. The molecule has 2 N–H and O–H groups in total. The van der Waals surface area contributed by atoms with Crippen LogP contribution in [-0.2, 0) is 9.59 Å². The Kier molecular flexibility index (Phi) is 5.25. The lowest BCUT2D eigenvalue weighted by Crippen LogP contribution is -2.40. The number of carbonyl (C=O) groups is 2. The summed E-state index contributed by atoms with van der Waals surface area (Å²) in [5, 5.41) is 11.4. The molecule has 98 valence electrons. The van der Waals surface area contributed by atoms with E-state index >= 15 is 0 Å². The van der Waals surface area contributed by atoms with E-state index in [-0.39, 0.29) is 22.4 Å². The van der Waals surface area contributed by atoms with Gasteiger partial charge in [0.2, 0.25) is 0 Å². The second-order valence-corrected chi connectivity index (χ2v) is 4.28. The SMILES string of the molecule is C[C@@H](NC(=O)COc1c(Cl)cccc1Cl)C(=O)O. The first kappa shape index (κ1) is 14.6. The Morgan fingerprint density at radius 2 is 1.94 bits per heavy atom. The molecule has 0 radical (unpaired) electrons. The lowest BCUT2D eigenvalue weighted by atomic mass is 10.3. The number of hydrogen-bond acceptors (Lipinski definition) is 3. The highest BCUT2D eigenvalue weighted by Gasteiger charge is 2.15. The third kappa shape index (κ3) is 4.09. The Hall–Kier alpha value is -1.46. The molecule has 1 atom stereocenters. The highest BCUT2D eigenvalue weighted by molar-refractivity contribution is 6.37. The Bertz CT molecular complexity index is 444. The van der Waals surface area contributed by atoms with Crippen LogP contribution in [0.5, 0.6) is 5.75 Å². The number of amides is 1. The number of nitrogens with one attached hydrogen (secondary N) is 1. The number of ether oxygens (including phenoxy) is 1. The van der Waals surface area contributed by atoms with Crippen molar-refractivity contribution in [2.45, 2.75) is 13.0 Å². The third-order valence-corrected chi connectivity index (χ3v) is 2.61. The molecule has 0 fully saturated rings. The van der Waals surface area contributed by atoms with Gasteiger partial charge >= 0.3 is 5.97 Å². The van der Waals surface area contributed by atoms with E-state index in [0.717, 1.165) is 0 Å². The molecular weight excluding hydrogens is 281 g/mol. The summed E-state index contributed by atoms with van der Waals surface area (Å²) in [6, 6.07) is 3.80. The first-order valence-electron chi connectivity index (χ1n) is 5.00. The van der Waals surface area contributed by atoms with Crippen molar-refractivity contribution in [2.75, 3.05) is 6.61 Å². The summed E-state index contributed by atoms with van der Waals surface area (Å²) >= 11 is 11.7. The molecule has 0 bridgehead atoms. The van der Waals surface area contributed by atoms with E-state index in [4.69, 9.17) is 33.0 Å². The quantitative estimate of drug-likeness (QED) is 0.870. The third-order valence-electron chi connectivity index (χ3n) is 2.01. The van der Waals surface area contributed by atoms with Crippen molar-refractivity contribution < 1.29 is 19.4 Å².